The van der Waals surface area contributed by atoms with Gasteiger partial charge in [-0.05, 0) is 48.7 Å². The largest absolute Gasteiger partial charge is 0.380 e. The quantitative estimate of drug-likeness (QED) is 0.279. The maximum atomic E-state index is 5.44. The third kappa shape index (κ3) is 1.48. The molecule has 0 radical (unpaired) electrons. The summed E-state index contributed by atoms with van der Waals surface area (Å²) in [6.07, 6.45) is 0. The van der Waals surface area contributed by atoms with Crippen molar-refractivity contribution in [3.8, 4) is 0 Å². The maximum Gasteiger partial charge on any atom is 0.0557 e. The number of ether oxygens (including phenoxy) is 1. The van der Waals surface area contributed by atoms with Gasteiger partial charge in [0.15, 0.2) is 0 Å². The Balaban J connectivity index is 1.92. The van der Waals surface area contributed by atoms with Gasteiger partial charge in [-0.15, -0.1) is 0 Å². The van der Waals surface area contributed by atoms with E-state index in [0.29, 0.717) is 5.92 Å². The van der Waals surface area contributed by atoms with Crippen LogP contribution in [0.15, 0.2) is 66.7 Å². The van der Waals surface area contributed by atoms with Crippen molar-refractivity contribution in [1.29, 1.82) is 0 Å². The molecule has 0 aromatic heterocycles. The highest BCUT2D eigenvalue weighted by atomic mass is 16.5. The first kappa shape index (κ1) is 12.7. The molecule has 0 aliphatic carbocycles. The average Bonchev–Trinajstić information content (AvgIpc) is 2.59. The van der Waals surface area contributed by atoms with E-state index in [1.54, 1.807) is 0 Å². The van der Waals surface area contributed by atoms with Gasteiger partial charge in [0, 0.05) is 5.92 Å². The van der Waals surface area contributed by atoms with Crippen molar-refractivity contribution in [2.24, 2.45) is 0 Å². The Morgan fingerprint density at radius 2 is 1.17 bits per heavy atom. The van der Waals surface area contributed by atoms with Gasteiger partial charge in [0.2, 0.25) is 0 Å². The third-order valence-electron chi connectivity index (χ3n) is 5.64. The van der Waals surface area contributed by atoms with Crippen LogP contribution in [0, 0.1) is 0 Å². The van der Waals surface area contributed by atoms with Gasteiger partial charge in [-0.3, -0.25) is 0 Å². The van der Waals surface area contributed by atoms with E-state index >= 15 is 0 Å². The lowest BCUT2D eigenvalue weighted by Gasteiger charge is -2.28. The van der Waals surface area contributed by atoms with Crippen molar-refractivity contribution in [3.05, 3.63) is 72.3 Å². The molecule has 0 unspecified atom stereocenters. The van der Waals surface area contributed by atoms with E-state index < -0.39 is 0 Å². The minimum absolute atomic E-state index is 0.544. The summed E-state index contributed by atoms with van der Waals surface area (Å²) in [7, 11) is 0. The summed E-state index contributed by atoms with van der Waals surface area (Å²) in [6.45, 7) is 1.70. The monoisotopic (exact) mass is 308 g/mol. The second-order valence-electron chi connectivity index (χ2n) is 6.87. The summed E-state index contributed by atoms with van der Waals surface area (Å²) in [5.41, 5.74) is 1.44. The van der Waals surface area contributed by atoms with Gasteiger partial charge in [0.1, 0.15) is 0 Å². The van der Waals surface area contributed by atoms with Crippen LogP contribution in [0.25, 0.3) is 43.1 Å². The first-order valence-electron chi connectivity index (χ1n) is 8.58. The molecule has 0 atom stereocenters. The Kier molecular flexibility index (Phi) is 2.37. The molecule has 1 saturated heterocycles. The molecule has 5 aromatic carbocycles. The molecule has 24 heavy (non-hydrogen) atoms. The van der Waals surface area contributed by atoms with Gasteiger partial charge >= 0.3 is 0 Å². The Morgan fingerprint density at radius 3 is 1.83 bits per heavy atom. The molecule has 1 aliphatic rings. The molecule has 0 spiro atoms. The average molecular weight is 308 g/mol. The van der Waals surface area contributed by atoms with Gasteiger partial charge in [0.25, 0.3) is 0 Å². The number of fused-ring (bicyclic) bond motifs is 2. The zero-order valence-corrected chi connectivity index (χ0v) is 13.3. The molecular weight excluding hydrogens is 292 g/mol. The van der Waals surface area contributed by atoms with Gasteiger partial charge in [-0.25, -0.2) is 0 Å². The normalized spacial score (nSPS) is 15.7. The van der Waals surface area contributed by atoms with Crippen molar-refractivity contribution < 1.29 is 4.74 Å². The van der Waals surface area contributed by atoms with Crippen LogP contribution < -0.4 is 0 Å². The molecule has 0 amide bonds. The number of benzene rings is 5. The van der Waals surface area contributed by atoms with Crippen LogP contribution in [0.2, 0.25) is 0 Å². The lowest BCUT2D eigenvalue weighted by molar-refractivity contribution is 0.00901. The lowest BCUT2D eigenvalue weighted by atomic mass is 9.85. The first-order chi connectivity index (χ1) is 11.9. The van der Waals surface area contributed by atoms with Crippen molar-refractivity contribution in [2.45, 2.75) is 5.92 Å². The number of hydrogen-bond donors (Lipinski definition) is 0. The second kappa shape index (κ2) is 4.46. The van der Waals surface area contributed by atoms with Crippen molar-refractivity contribution in [1.82, 2.24) is 0 Å². The van der Waals surface area contributed by atoms with E-state index in [1.807, 2.05) is 0 Å². The van der Waals surface area contributed by atoms with Crippen LogP contribution >= 0.6 is 0 Å². The van der Waals surface area contributed by atoms with Crippen LogP contribution in [0.3, 0.4) is 0 Å². The van der Waals surface area contributed by atoms with Gasteiger partial charge in [-0.1, -0.05) is 66.7 Å². The molecule has 114 valence electrons. The third-order valence-corrected chi connectivity index (χ3v) is 5.64. The molecule has 1 nitrogen and oxygen atoms in total. The van der Waals surface area contributed by atoms with Crippen molar-refractivity contribution in [3.63, 3.8) is 0 Å². The Morgan fingerprint density at radius 1 is 0.583 bits per heavy atom. The number of hydrogen-bond acceptors (Lipinski definition) is 1. The Labute approximate surface area is 139 Å². The molecular formula is C23H16O. The van der Waals surface area contributed by atoms with Crippen molar-refractivity contribution >= 4 is 43.1 Å². The molecule has 0 bridgehead atoms. The van der Waals surface area contributed by atoms with Crippen molar-refractivity contribution in [2.75, 3.05) is 13.2 Å². The molecule has 0 N–H and O–H groups in total. The molecule has 1 heteroatoms. The van der Waals surface area contributed by atoms with Gasteiger partial charge in [0.05, 0.1) is 13.2 Å². The van der Waals surface area contributed by atoms with E-state index in [0.717, 1.165) is 13.2 Å². The Bertz CT molecular complexity index is 1180. The summed E-state index contributed by atoms with van der Waals surface area (Å²) in [4.78, 5) is 0. The maximum absolute atomic E-state index is 5.44. The fraction of sp³-hybridized carbons (Fsp3) is 0.130. The van der Waals surface area contributed by atoms with Crippen LogP contribution in [0.1, 0.15) is 11.5 Å². The fourth-order valence-corrected chi connectivity index (χ4v) is 4.44. The smallest absolute Gasteiger partial charge is 0.0557 e. The summed E-state index contributed by atoms with van der Waals surface area (Å²) in [5.74, 6) is 0.544. The van der Waals surface area contributed by atoms with Crippen LogP contribution in [0.4, 0.5) is 0 Å². The molecule has 1 heterocycles. The van der Waals surface area contributed by atoms with Crippen LogP contribution in [-0.4, -0.2) is 13.2 Å². The first-order valence-corrected chi connectivity index (χ1v) is 8.58. The molecule has 1 fully saturated rings. The summed E-state index contributed by atoms with van der Waals surface area (Å²) < 4.78 is 5.44. The summed E-state index contributed by atoms with van der Waals surface area (Å²) in [5, 5.41) is 11.0. The van der Waals surface area contributed by atoms with Gasteiger partial charge in [-0.2, -0.15) is 0 Å². The van der Waals surface area contributed by atoms with E-state index in [-0.39, 0.29) is 0 Å². The predicted molar refractivity (Wildman–Crippen MR) is 101 cm³/mol. The lowest BCUT2D eigenvalue weighted by Crippen LogP contribution is -2.25. The van der Waals surface area contributed by atoms with Crippen LogP contribution in [0.5, 0.6) is 0 Å². The SMILES string of the molecule is c1cc2cccc3c4ccc(C5COC5)c5cccc(c(c1)c23)c54. The van der Waals surface area contributed by atoms with Crippen LogP contribution in [-0.2, 0) is 4.74 Å². The molecule has 5 aromatic rings. The standard InChI is InChI=1S/C23H16O/c1-4-14-5-2-7-19-21-11-10-16(15-12-24-13-15)17-8-3-9-20(23(17)21)18(6-1)22(14)19/h1-11,15H,12-13H2. The van der Waals surface area contributed by atoms with Gasteiger partial charge < -0.3 is 4.74 Å². The van der Waals surface area contributed by atoms with E-state index in [4.69, 9.17) is 4.74 Å². The highest BCUT2D eigenvalue weighted by Crippen LogP contribution is 2.42. The van der Waals surface area contributed by atoms with E-state index in [2.05, 4.69) is 66.7 Å². The number of rotatable bonds is 1. The highest BCUT2D eigenvalue weighted by molar-refractivity contribution is 6.33. The second-order valence-corrected chi connectivity index (χ2v) is 6.87. The molecule has 1 aliphatic heterocycles. The molecule has 6 rings (SSSR count). The topological polar surface area (TPSA) is 9.23 Å². The van der Waals surface area contributed by atoms with E-state index in [9.17, 15) is 0 Å². The fourth-order valence-electron chi connectivity index (χ4n) is 4.44. The zero-order chi connectivity index (χ0) is 15.7. The highest BCUT2D eigenvalue weighted by Gasteiger charge is 2.23. The summed E-state index contributed by atoms with van der Waals surface area (Å²) >= 11 is 0. The minimum atomic E-state index is 0.544. The Hall–Kier alpha value is -2.64. The van der Waals surface area contributed by atoms with E-state index in [1.165, 1.54) is 48.7 Å². The zero-order valence-electron chi connectivity index (χ0n) is 13.3. The predicted octanol–water partition coefficient (Wildman–Crippen LogP) is 5.85. The minimum Gasteiger partial charge on any atom is -0.380 e. The molecule has 0 saturated carbocycles. The summed E-state index contributed by atoms with van der Waals surface area (Å²) in [6, 6.07) is 24.7.